The van der Waals surface area contributed by atoms with Crippen LogP contribution in [0.1, 0.15) is 38.7 Å². The van der Waals surface area contributed by atoms with Crippen molar-refractivity contribution in [3.8, 4) is 5.75 Å². The Bertz CT molecular complexity index is 451. The van der Waals surface area contributed by atoms with Crippen LogP contribution in [0.4, 0.5) is 0 Å². The van der Waals surface area contributed by atoms with Gasteiger partial charge < -0.3 is 20.9 Å². The van der Waals surface area contributed by atoms with Crippen molar-refractivity contribution < 1.29 is 14.6 Å². The number of amides is 1. The first-order valence-electron chi connectivity index (χ1n) is 7.39. The Balaban J connectivity index is 2.32. The number of ether oxygens (including phenoxy) is 1. The molecule has 0 aliphatic heterocycles. The fraction of sp³-hybridized carbons (Fsp3) is 0.562. The van der Waals surface area contributed by atoms with Gasteiger partial charge in [0.2, 0.25) is 5.91 Å². The van der Waals surface area contributed by atoms with Crippen molar-refractivity contribution in [2.75, 3.05) is 13.2 Å². The molecule has 5 heteroatoms. The maximum Gasteiger partial charge on any atom is 0.237 e. The number of carbonyl (C=O) groups excluding carboxylic acids is 1. The van der Waals surface area contributed by atoms with Crippen LogP contribution in [-0.2, 0) is 11.4 Å². The molecule has 0 aliphatic carbocycles. The molecular weight excluding hydrogens is 268 g/mol. The van der Waals surface area contributed by atoms with Crippen LogP contribution < -0.4 is 15.8 Å². The minimum atomic E-state index is -0.647. The molecule has 4 N–H and O–H groups in total. The highest BCUT2D eigenvalue weighted by Gasteiger charge is 2.28. The Labute approximate surface area is 126 Å². The normalized spacial score (nSPS) is 13.7. The summed E-state index contributed by atoms with van der Waals surface area (Å²) in [6.07, 6.45) is 2.39. The fourth-order valence-corrected chi connectivity index (χ4v) is 2.19. The Kier molecular flexibility index (Phi) is 7.19. The van der Waals surface area contributed by atoms with Gasteiger partial charge >= 0.3 is 0 Å². The summed E-state index contributed by atoms with van der Waals surface area (Å²) in [5, 5.41) is 12.2. The van der Waals surface area contributed by atoms with Crippen LogP contribution in [0.25, 0.3) is 0 Å². The van der Waals surface area contributed by atoms with Gasteiger partial charge in [0, 0.05) is 0 Å². The third-order valence-electron chi connectivity index (χ3n) is 3.53. The van der Waals surface area contributed by atoms with E-state index in [1.807, 2.05) is 38.1 Å². The summed E-state index contributed by atoms with van der Waals surface area (Å²) >= 11 is 0. The fourth-order valence-electron chi connectivity index (χ4n) is 2.19. The van der Waals surface area contributed by atoms with Crippen LogP contribution in [0, 0.1) is 0 Å². The number of hydrogen-bond acceptors (Lipinski definition) is 4. The van der Waals surface area contributed by atoms with E-state index in [0.29, 0.717) is 19.6 Å². The Morgan fingerprint density at radius 2 is 2.19 bits per heavy atom. The second kappa shape index (κ2) is 8.64. The number of aliphatic hydroxyl groups excluding tert-OH is 1. The number of rotatable bonds is 10. The average molecular weight is 294 g/mol. The second-order valence-electron chi connectivity index (χ2n) is 5.34. The minimum absolute atomic E-state index is 0.0108. The molecule has 0 bridgehead atoms. The molecule has 118 valence electrons. The monoisotopic (exact) mass is 294 g/mol. The van der Waals surface area contributed by atoms with Crippen LogP contribution in [0.5, 0.6) is 5.75 Å². The molecule has 0 radical (unpaired) electrons. The van der Waals surface area contributed by atoms with E-state index in [2.05, 4.69) is 5.32 Å². The summed E-state index contributed by atoms with van der Waals surface area (Å²) in [5.74, 6) is 0.437. The molecule has 0 saturated heterocycles. The van der Waals surface area contributed by atoms with Gasteiger partial charge in [-0.1, -0.05) is 19.1 Å². The number of unbranched alkanes of at least 4 members (excludes halogenated alkanes) is 1. The van der Waals surface area contributed by atoms with Gasteiger partial charge in [-0.25, -0.2) is 0 Å². The van der Waals surface area contributed by atoms with Crippen LogP contribution in [0.3, 0.4) is 0 Å². The molecule has 1 unspecified atom stereocenters. The lowest BCUT2D eigenvalue weighted by molar-refractivity contribution is -0.124. The third kappa shape index (κ3) is 5.73. The van der Waals surface area contributed by atoms with Gasteiger partial charge in [-0.05, 0) is 50.4 Å². The molecule has 0 aromatic heterocycles. The predicted molar refractivity (Wildman–Crippen MR) is 83.0 cm³/mol. The maximum absolute atomic E-state index is 11.5. The first-order chi connectivity index (χ1) is 10.0. The molecule has 1 rings (SSSR count). The second-order valence-corrected chi connectivity index (χ2v) is 5.34. The number of hydrogen-bond donors (Lipinski definition) is 3. The van der Waals surface area contributed by atoms with Crippen molar-refractivity contribution in [2.45, 2.75) is 45.3 Å². The lowest BCUT2D eigenvalue weighted by Crippen LogP contribution is -2.53. The van der Waals surface area contributed by atoms with E-state index >= 15 is 0 Å². The molecule has 0 spiro atoms. The highest BCUT2D eigenvalue weighted by Crippen LogP contribution is 2.16. The first-order valence-corrected chi connectivity index (χ1v) is 7.39. The van der Waals surface area contributed by atoms with Crippen LogP contribution >= 0.6 is 0 Å². The summed E-state index contributed by atoms with van der Waals surface area (Å²) in [7, 11) is 0. The molecule has 0 saturated carbocycles. The molecule has 1 atom stereocenters. The molecule has 21 heavy (non-hydrogen) atoms. The lowest BCUT2D eigenvalue weighted by Gasteiger charge is -2.26. The zero-order valence-electron chi connectivity index (χ0n) is 12.9. The van der Waals surface area contributed by atoms with Gasteiger partial charge in [0.05, 0.1) is 18.8 Å². The van der Waals surface area contributed by atoms with Gasteiger partial charge in [0.1, 0.15) is 5.75 Å². The molecule has 1 aromatic rings. The van der Waals surface area contributed by atoms with Crippen molar-refractivity contribution in [3.05, 3.63) is 29.8 Å². The molecule has 5 nitrogen and oxygen atoms in total. The van der Waals surface area contributed by atoms with Crippen LogP contribution in [0.15, 0.2) is 24.3 Å². The van der Waals surface area contributed by atoms with Gasteiger partial charge in [-0.3, -0.25) is 4.79 Å². The lowest BCUT2D eigenvalue weighted by atomic mass is 9.94. The average Bonchev–Trinajstić information content (AvgIpc) is 2.47. The Morgan fingerprint density at radius 3 is 2.81 bits per heavy atom. The van der Waals surface area contributed by atoms with E-state index in [4.69, 9.17) is 15.6 Å². The number of aliphatic hydroxyl groups is 1. The van der Waals surface area contributed by atoms with E-state index in [0.717, 1.165) is 24.2 Å². The number of nitrogens with two attached hydrogens (primary N) is 1. The number of carbonyl (C=O) groups is 1. The Hall–Kier alpha value is -1.59. The minimum Gasteiger partial charge on any atom is -0.494 e. The van der Waals surface area contributed by atoms with Gasteiger partial charge in [0.15, 0.2) is 0 Å². The zero-order chi connectivity index (χ0) is 15.7. The van der Waals surface area contributed by atoms with E-state index in [1.165, 1.54) is 0 Å². The molecule has 0 fully saturated rings. The van der Waals surface area contributed by atoms with Crippen molar-refractivity contribution >= 4 is 5.91 Å². The summed E-state index contributed by atoms with van der Waals surface area (Å²) < 4.78 is 5.64. The van der Waals surface area contributed by atoms with Crippen molar-refractivity contribution in [1.82, 2.24) is 5.32 Å². The molecule has 0 heterocycles. The van der Waals surface area contributed by atoms with Crippen molar-refractivity contribution in [2.24, 2.45) is 5.73 Å². The van der Waals surface area contributed by atoms with Gasteiger partial charge in [0.25, 0.3) is 0 Å². The molecular formula is C16H26N2O3. The quantitative estimate of drug-likeness (QED) is 0.572. The summed E-state index contributed by atoms with van der Waals surface area (Å²) in [4.78, 5) is 11.5. The van der Waals surface area contributed by atoms with Crippen LogP contribution in [0.2, 0.25) is 0 Å². The summed E-state index contributed by atoms with van der Waals surface area (Å²) in [5.41, 5.74) is 5.63. The number of primary amides is 1. The number of likely N-dealkylation sites (N-methyl/N-ethyl adjacent to an activating group) is 1. The molecule has 1 aromatic carbocycles. The first kappa shape index (κ1) is 17.5. The molecule has 0 aliphatic rings. The van der Waals surface area contributed by atoms with Gasteiger partial charge in [-0.2, -0.15) is 0 Å². The summed E-state index contributed by atoms with van der Waals surface area (Å²) in [6, 6.07) is 7.40. The largest absolute Gasteiger partial charge is 0.494 e. The van der Waals surface area contributed by atoms with E-state index in [1.54, 1.807) is 0 Å². The standard InChI is InChI=1S/C16H26N2O3/c1-3-18-16(2,15(17)20)9-4-5-10-21-14-8-6-7-13(11-14)12-19/h6-8,11,18-19H,3-5,9-10,12H2,1-2H3,(H2,17,20). The number of benzene rings is 1. The highest BCUT2D eigenvalue weighted by atomic mass is 16.5. The van der Waals surface area contributed by atoms with Crippen molar-refractivity contribution in [3.63, 3.8) is 0 Å². The van der Waals surface area contributed by atoms with Gasteiger partial charge in [-0.15, -0.1) is 0 Å². The smallest absolute Gasteiger partial charge is 0.237 e. The third-order valence-corrected chi connectivity index (χ3v) is 3.53. The highest BCUT2D eigenvalue weighted by molar-refractivity contribution is 5.84. The van der Waals surface area contributed by atoms with Crippen molar-refractivity contribution in [1.29, 1.82) is 0 Å². The summed E-state index contributed by atoms with van der Waals surface area (Å²) in [6.45, 7) is 5.10. The van der Waals surface area contributed by atoms with E-state index < -0.39 is 5.54 Å². The molecule has 1 amide bonds. The Morgan fingerprint density at radius 1 is 1.43 bits per heavy atom. The zero-order valence-corrected chi connectivity index (χ0v) is 12.9. The predicted octanol–water partition coefficient (Wildman–Crippen LogP) is 1.58. The van der Waals surface area contributed by atoms with E-state index in [-0.39, 0.29) is 12.5 Å². The van der Waals surface area contributed by atoms with Crippen LogP contribution in [-0.4, -0.2) is 29.7 Å². The topological polar surface area (TPSA) is 84.6 Å². The number of nitrogens with one attached hydrogen (secondary N) is 1. The maximum atomic E-state index is 11.5. The van der Waals surface area contributed by atoms with E-state index in [9.17, 15) is 4.79 Å². The SMILES string of the molecule is CCNC(C)(CCCCOc1cccc(CO)c1)C(N)=O.